The SMILES string of the molecule is CC(=O)SCC1CC(=O)N(C(CO)Cc2ccccc2)C1. The number of thioether (sulfide) groups is 1. The van der Waals surface area contributed by atoms with Crippen molar-refractivity contribution in [1.82, 2.24) is 4.90 Å². The summed E-state index contributed by atoms with van der Waals surface area (Å²) in [7, 11) is 0. The molecule has 1 fully saturated rings. The van der Waals surface area contributed by atoms with Crippen molar-refractivity contribution in [1.29, 1.82) is 0 Å². The number of aliphatic hydroxyl groups is 1. The molecule has 2 unspecified atom stereocenters. The zero-order valence-corrected chi connectivity index (χ0v) is 13.0. The van der Waals surface area contributed by atoms with Crippen LogP contribution in [0.2, 0.25) is 0 Å². The summed E-state index contributed by atoms with van der Waals surface area (Å²) < 4.78 is 0. The molecule has 21 heavy (non-hydrogen) atoms. The lowest BCUT2D eigenvalue weighted by molar-refractivity contribution is -0.130. The van der Waals surface area contributed by atoms with E-state index in [4.69, 9.17) is 0 Å². The highest BCUT2D eigenvalue weighted by atomic mass is 32.2. The summed E-state index contributed by atoms with van der Waals surface area (Å²) in [6.45, 7) is 2.15. The maximum atomic E-state index is 12.1. The average Bonchev–Trinajstić information content (AvgIpc) is 2.85. The number of nitrogens with zero attached hydrogens (tertiary/aromatic N) is 1. The van der Waals surface area contributed by atoms with Crippen LogP contribution in [0.15, 0.2) is 30.3 Å². The largest absolute Gasteiger partial charge is 0.394 e. The molecule has 2 atom stereocenters. The predicted octanol–water partition coefficient (Wildman–Crippen LogP) is 1.72. The number of rotatable bonds is 6. The third-order valence-corrected chi connectivity index (χ3v) is 4.77. The number of amides is 1. The van der Waals surface area contributed by atoms with Crippen molar-refractivity contribution in [2.24, 2.45) is 5.92 Å². The Balaban J connectivity index is 1.95. The molecule has 1 saturated heterocycles. The van der Waals surface area contributed by atoms with Gasteiger partial charge in [-0.15, -0.1) is 0 Å². The number of benzene rings is 1. The van der Waals surface area contributed by atoms with Gasteiger partial charge in [-0.3, -0.25) is 9.59 Å². The van der Waals surface area contributed by atoms with Gasteiger partial charge in [-0.2, -0.15) is 0 Å². The van der Waals surface area contributed by atoms with Crippen molar-refractivity contribution in [3.8, 4) is 0 Å². The topological polar surface area (TPSA) is 57.6 Å². The third kappa shape index (κ3) is 4.58. The highest BCUT2D eigenvalue weighted by Crippen LogP contribution is 2.25. The number of hydrogen-bond donors (Lipinski definition) is 1. The molecule has 0 bridgehead atoms. The van der Waals surface area contributed by atoms with Gasteiger partial charge in [-0.05, 0) is 17.9 Å². The summed E-state index contributed by atoms with van der Waals surface area (Å²) in [5.74, 6) is 0.969. The quantitative estimate of drug-likeness (QED) is 0.869. The van der Waals surface area contributed by atoms with Crippen molar-refractivity contribution >= 4 is 22.8 Å². The summed E-state index contributed by atoms with van der Waals surface area (Å²) in [4.78, 5) is 24.9. The minimum absolute atomic E-state index is 0.0345. The Kier molecular flexibility index (Phi) is 5.82. The molecule has 1 aliphatic rings. The van der Waals surface area contributed by atoms with Crippen LogP contribution in [0, 0.1) is 5.92 Å². The van der Waals surface area contributed by atoms with E-state index in [9.17, 15) is 14.7 Å². The molecule has 1 aromatic rings. The van der Waals surface area contributed by atoms with E-state index in [0.717, 1.165) is 5.56 Å². The highest BCUT2D eigenvalue weighted by molar-refractivity contribution is 8.13. The second kappa shape index (κ2) is 7.61. The number of aliphatic hydroxyl groups excluding tert-OH is 1. The Morgan fingerprint density at radius 3 is 2.76 bits per heavy atom. The normalized spacial score (nSPS) is 19.8. The minimum Gasteiger partial charge on any atom is -0.394 e. The minimum atomic E-state index is -0.174. The van der Waals surface area contributed by atoms with Gasteiger partial charge in [0.1, 0.15) is 0 Å². The molecule has 2 rings (SSSR count). The van der Waals surface area contributed by atoms with E-state index in [1.54, 1.807) is 11.8 Å². The lowest BCUT2D eigenvalue weighted by Crippen LogP contribution is -2.40. The van der Waals surface area contributed by atoms with Crippen LogP contribution in [-0.2, 0) is 16.0 Å². The molecular formula is C16H21NO3S. The zero-order valence-electron chi connectivity index (χ0n) is 12.2. The van der Waals surface area contributed by atoms with Crippen molar-refractivity contribution in [2.75, 3.05) is 18.9 Å². The van der Waals surface area contributed by atoms with E-state index in [2.05, 4.69) is 0 Å². The molecule has 1 heterocycles. The van der Waals surface area contributed by atoms with Crippen LogP contribution in [0.4, 0.5) is 0 Å². The van der Waals surface area contributed by atoms with E-state index in [-0.39, 0.29) is 29.6 Å². The first kappa shape index (κ1) is 16.0. The van der Waals surface area contributed by atoms with Gasteiger partial charge in [0.2, 0.25) is 5.91 Å². The molecule has 114 valence electrons. The highest BCUT2D eigenvalue weighted by Gasteiger charge is 2.34. The van der Waals surface area contributed by atoms with E-state index in [1.807, 2.05) is 30.3 Å². The van der Waals surface area contributed by atoms with Crippen LogP contribution in [0.3, 0.4) is 0 Å². The Labute approximate surface area is 129 Å². The molecule has 1 N–H and O–H groups in total. The Bertz CT molecular complexity index is 492. The number of carbonyl (C=O) groups excluding carboxylic acids is 2. The summed E-state index contributed by atoms with van der Waals surface area (Å²) in [5.41, 5.74) is 1.12. The Morgan fingerprint density at radius 1 is 1.43 bits per heavy atom. The van der Waals surface area contributed by atoms with Crippen LogP contribution in [0.1, 0.15) is 18.9 Å². The van der Waals surface area contributed by atoms with E-state index < -0.39 is 0 Å². The number of hydrogen-bond acceptors (Lipinski definition) is 4. The molecule has 1 amide bonds. The van der Waals surface area contributed by atoms with Crippen LogP contribution in [0.5, 0.6) is 0 Å². The molecule has 0 aromatic heterocycles. The van der Waals surface area contributed by atoms with Crippen molar-refractivity contribution in [3.63, 3.8) is 0 Å². The van der Waals surface area contributed by atoms with E-state index in [1.165, 1.54) is 11.8 Å². The first-order valence-corrected chi connectivity index (χ1v) is 8.16. The van der Waals surface area contributed by atoms with Gasteiger partial charge in [0, 0.05) is 25.6 Å². The van der Waals surface area contributed by atoms with Gasteiger partial charge < -0.3 is 10.0 Å². The maximum Gasteiger partial charge on any atom is 0.223 e. The predicted molar refractivity (Wildman–Crippen MR) is 84.0 cm³/mol. The lowest BCUT2D eigenvalue weighted by atomic mass is 10.1. The van der Waals surface area contributed by atoms with Gasteiger partial charge in [0.25, 0.3) is 0 Å². The first-order valence-electron chi connectivity index (χ1n) is 7.17. The average molecular weight is 307 g/mol. The molecule has 1 aromatic carbocycles. The van der Waals surface area contributed by atoms with Gasteiger partial charge >= 0.3 is 0 Å². The zero-order chi connectivity index (χ0) is 15.2. The molecule has 0 aliphatic carbocycles. The summed E-state index contributed by atoms with van der Waals surface area (Å²) >= 11 is 1.28. The van der Waals surface area contributed by atoms with Crippen molar-refractivity contribution in [2.45, 2.75) is 25.8 Å². The smallest absolute Gasteiger partial charge is 0.223 e. The summed E-state index contributed by atoms with van der Waals surface area (Å²) in [5, 5.41) is 9.70. The fourth-order valence-corrected chi connectivity index (χ4v) is 3.36. The van der Waals surface area contributed by atoms with Crippen LogP contribution >= 0.6 is 11.8 Å². The second-order valence-electron chi connectivity index (χ2n) is 5.44. The fraction of sp³-hybridized carbons (Fsp3) is 0.500. The third-order valence-electron chi connectivity index (χ3n) is 3.73. The molecule has 5 heteroatoms. The Hall–Kier alpha value is -1.33. The van der Waals surface area contributed by atoms with Crippen molar-refractivity contribution in [3.05, 3.63) is 35.9 Å². The summed E-state index contributed by atoms with van der Waals surface area (Å²) in [6.07, 6.45) is 1.14. The monoisotopic (exact) mass is 307 g/mol. The van der Waals surface area contributed by atoms with Crippen LogP contribution < -0.4 is 0 Å². The number of likely N-dealkylation sites (tertiary alicyclic amines) is 1. The van der Waals surface area contributed by atoms with E-state index >= 15 is 0 Å². The van der Waals surface area contributed by atoms with Gasteiger partial charge in [0.15, 0.2) is 5.12 Å². The number of carbonyl (C=O) groups is 2. The van der Waals surface area contributed by atoms with Crippen LogP contribution in [-0.4, -0.2) is 46.0 Å². The van der Waals surface area contributed by atoms with Crippen LogP contribution in [0.25, 0.3) is 0 Å². The van der Waals surface area contributed by atoms with Gasteiger partial charge in [-0.25, -0.2) is 0 Å². The van der Waals surface area contributed by atoms with E-state index in [0.29, 0.717) is 25.1 Å². The molecule has 0 radical (unpaired) electrons. The first-order chi connectivity index (χ1) is 10.1. The molecular weight excluding hydrogens is 286 g/mol. The van der Waals surface area contributed by atoms with Gasteiger partial charge in [0.05, 0.1) is 12.6 Å². The lowest BCUT2D eigenvalue weighted by Gasteiger charge is -2.26. The maximum absolute atomic E-state index is 12.1. The fourth-order valence-electron chi connectivity index (χ4n) is 2.67. The van der Waals surface area contributed by atoms with Gasteiger partial charge in [-0.1, -0.05) is 42.1 Å². The molecule has 0 saturated carbocycles. The molecule has 0 spiro atoms. The Morgan fingerprint density at radius 2 is 2.14 bits per heavy atom. The second-order valence-corrected chi connectivity index (χ2v) is 6.64. The summed E-state index contributed by atoms with van der Waals surface area (Å²) in [6, 6.07) is 9.71. The molecule has 4 nitrogen and oxygen atoms in total. The standard InChI is InChI=1S/C16H21NO3S/c1-12(19)21-11-14-8-16(20)17(9-14)15(10-18)7-13-5-3-2-4-6-13/h2-6,14-15,18H,7-11H2,1H3. The van der Waals surface area contributed by atoms with Crippen molar-refractivity contribution < 1.29 is 14.7 Å². The molecule has 1 aliphatic heterocycles.